The number of aromatic nitrogens is 1. The first-order valence-corrected chi connectivity index (χ1v) is 6.78. The predicted molar refractivity (Wildman–Crippen MR) is 61.0 cm³/mol. The largest absolute Gasteiger partial charge is 0.392 e. The molecule has 1 aromatic rings. The van der Waals surface area contributed by atoms with Crippen molar-refractivity contribution in [2.45, 2.75) is 48.3 Å². The van der Waals surface area contributed by atoms with Crippen molar-refractivity contribution in [2.24, 2.45) is 0 Å². The molecule has 1 heterocycles. The van der Waals surface area contributed by atoms with Crippen molar-refractivity contribution in [1.29, 1.82) is 0 Å². The number of nitrogens with zero attached hydrogens (tertiary/aromatic N) is 1. The summed E-state index contributed by atoms with van der Waals surface area (Å²) in [6, 6.07) is 0. The number of thiazole rings is 1. The van der Waals surface area contributed by atoms with Crippen LogP contribution in [0.15, 0.2) is 9.72 Å². The molecule has 1 fully saturated rings. The molecule has 0 aliphatic heterocycles. The van der Waals surface area contributed by atoms with Crippen molar-refractivity contribution in [3.63, 3.8) is 0 Å². The summed E-state index contributed by atoms with van der Waals surface area (Å²) in [5.41, 5.74) is 1.09. The molecule has 78 valence electrons. The Morgan fingerprint density at radius 3 is 2.93 bits per heavy atom. The fourth-order valence-corrected chi connectivity index (χ4v) is 4.02. The van der Waals surface area contributed by atoms with Crippen LogP contribution in [0.5, 0.6) is 0 Å². The zero-order chi connectivity index (χ0) is 9.97. The summed E-state index contributed by atoms with van der Waals surface area (Å²) in [6.45, 7) is 2.01. The fraction of sp³-hybridized carbons (Fsp3) is 0.700. The first-order valence-electron chi connectivity index (χ1n) is 5.02. The van der Waals surface area contributed by atoms with Crippen molar-refractivity contribution in [2.75, 3.05) is 0 Å². The molecular formula is C10H15NOS2. The van der Waals surface area contributed by atoms with E-state index in [1.54, 1.807) is 23.1 Å². The average Bonchev–Trinajstić information content (AvgIpc) is 2.56. The quantitative estimate of drug-likeness (QED) is 0.846. The van der Waals surface area contributed by atoms with Crippen molar-refractivity contribution in [3.05, 3.63) is 11.1 Å². The van der Waals surface area contributed by atoms with Crippen LogP contribution in [-0.4, -0.2) is 21.4 Å². The molecule has 1 aliphatic carbocycles. The van der Waals surface area contributed by atoms with E-state index in [9.17, 15) is 5.11 Å². The van der Waals surface area contributed by atoms with E-state index in [0.717, 1.165) is 22.9 Å². The van der Waals surface area contributed by atoms with Gasteiger partial charge in [-0.25, -0.2) is 4.98 Å². The molecule has 1 aromatic heterocycles. The second kappa shape index (κ2) is 4.64. The van der Waals surface area contributed by atoms with E-state index in [4.69, 9.17) is 0 Å². The minimum absolute atomic E-state index is 0.127. The first-order chi connectivity index (χ1) is 6.75. The van der Waals surface area contributed by atoms with Crippen LogP contribution in [-0.2, 0) is 0 Å². The molecule has 0 radical (unpaired) electrons. The molecule has 2 rings (SSSR count). The highest BCUT2D eigenvalue weighted by Gasteiger charge is 2.24. The molecule has 0 bridgehead atoms. The maximum atomic E-state index is 9.79. The van der Waals surface area contributed by atoms with Gasteiger partial charge >= 0.3 is 0 Å². The number of hydrogen-bond donors (Lipinski definition) is 1. The van der Waals surface area contributed by atoms with Crippen LogP contribution < -0.4 is 0 Å². The van der Waals surface area contributed by atoms with Gasteiger partial charge in [-0.05, 0) is 19.8 Å². The molecule has 2 nitrogen and oxygen atoms in total. The van der Waals surface area contributed by atoms with Crippen LogP contribution in [0, 0.1) is 6.92 Å². The van der Waals surface area contributed by atoms with Gasteiger partial charge in [-0.1, -0.05) is 24.6 Å². The van der Waals surface area contributed by atoms with Gasteiger partial charge in [0.1, 0.15) is 4.34 Å². The molecule has 1 saturated carbocycles. The Hall–Kier alpha value is -0.0600. The summed E-state index contributed by atoms with van der Waals surface area (Å²) in [7, 11) is 0. The van der Waals surface area contributed by atoms with Crippen LogP contribution in [0.4, 0.5) is 0 Å². The molecule has 0 saturated heterocycles. The molecular weight excluding hydrogens is 214 g/mol. The van der Waals surface area contributed by atoms with Gasteiger partial charge in [0, 0.05) is 16.3 Å². The molecule has 2 atom stereocenters. The third-order valence-corrected chi connectivity index (χ3v) is 4.99. The van der Waals surface area contributed by atoms with E-state index < -0.39 is 0 Å². The lowest BCUT2D eigenvalue weighted by molar-refractivity contribution is 0.137. The smallest absolute Gasteiger partial charge is 0.150 e. The summed E-state index contributed by atoms with van der Waals surface area (Å²) >= 11 is 3.44. The minimum atomic E-state index is -0.127. The minimum Gasteiger partial charge on any atom is -0.392 e. The highest BCUT2D eigenvalue weighted by atomic mass is 32.2. The summed E-state index contributed by atoms with van der Waals surface area (Å²) in [5, 5.41) is 12.2. The number of aliphatic hydroxyl groups is 1. The monoisotopic (exact) mass is 229 g/mol. The average molecular weight is 229 g/mol. The normalized spacial score (nSPS) is 27.9. The molecule has 1 N–H and O–H groups in total. The maximum Gasteiger partial charge on any atom is 0.150 e. The van der Waals surface area contributed by atoms with Gasteiger partial charge in [0.05, 0.1) is 6.10 Å². The molecule has 1 aliphatic rings. The van der Waals surface area contributed by atoms with Gasteiger partial charge < -0.3 is 5.11 Å². The van der Waals surface area contributed by atoms with Gasteiger partial charge in [0.25, 0.3) is 0 Å². The lowest BCUT2D eigenvalue weighted by Crippen LogP contribution is -2.26. The first kappa shape index (κ1) is 10.5. The van der Waals surface area contributed by atoms with Gasteiger partial charge in [0.15, 0.2) is 0 Å². The highest BCUT2D eigenvalue weighted by molar-refractivity contribution is 8.01. The van der Waals surface area contributed by atoms with E-state index >= 15 is 0 Å². The van der Waals surface area contributed by atoms with E-state index in [1.807, 2.05) is 6.92 Å². The Balaban J connectivity index is 1.95. The zero-order valence-corrected chi connectivity index (χ0v) is 9.90. The molecule has 0 unspecified atom stereocenters. The number of rotatable bonds is 2. The van der Waals surface area contributed by atoms with Crippen LogP contribution in [0.1, 0.15) is 31.4 Å². The Morgan fingerprint density at radius 2 is 2.29 bits per heavy atom. The van der Waals surface area contributed by atoms with E-state index in [-0.39, 0.29) is 6.10 Å². The van der Waals surface area contributed by atoms with Crippen molar-refractivity contribution in [3.8, 4) is 0 Å². The summed E-state index contributed by atoms with van der Waals surface area (Å²) in [5.74, 6) is 0. The third-order valence-electron chi connectivity index (χ3n) is 2.52. The molecule has 0 aromatic carbocycles. The third kappa shape index (κ3) is 2.49. The van der Waals surface area contributed by atoms with Gasteiger partial charge in [-0.15, -0.1) is 11.3 Å². The lowest BCUT2D eigenvalue weighted by atomic mass is 9.97. The van der Waals surface area contributed by atoms with Crippen molar-refractivity contribution >= 4 is 23.1 Å². The summed E-state index contributed by atoms with van der Waals surface area (Å²) in [6.07, 6.45) is 4.39. The lowest BCUT2D eigenvalue weighted by Gasteiger charge is -2.25. The SMILES string of the molecule is Cc1csc(S[C@H]2CCCC[C@@H]2O)n1. The Kier molecular flexibility index (Phi) is 3.47. The fourth-order valence-electron chi connectivity index (χ4n) is 1.73. The molecule has 0 spiro atoms. The number of aryl methyl sites for hydroxylation is 1. The van der Waals surface area contributed by atoms with Crippen LogP contribution in [0.2, 0.25) is 0 Å². The Bertz CT molecular complexity index is 300. The van der Waals surface area contributed by atoms with Gasteiger partial charge in [-0.2, -0.15) is 0 Å². The standard InChI is InChI=1S/C10H15NOS2/c1-7-6-13-10(11-7)14-9-5-3-2-4-8(9)12/h6,8-9,12H,2-5H2,1H3/t8-,9-/m0/s1. The number of aliphatic hydroxyl groups excluding tert-OH is 1. The van der Waals surface area contributed by atoms with Crippen molar-refractivity contribution < 1.29 is 5.11 Å². The zero-order valence-electron chi connectivity index (χ0n) is 8.27. The Morgan fingerprint density at radius 1 is 1.50 bits per heavy atom. The topological polar surface area (TPSA) is 33.1 Å². The van der Waals surface area contributed by atoms with Crippen LogP contribution in [0.3, 0.4) is 0 Å². The Labute approximate surface area is 92.8 Å². The second-order valence-corrected chi connectivity index (χ2v) is 6.11. The second-order valence-electron chi connectivity index (χ2n) is 3.76. The molecule has 14 heavy (non-hydrogen) atoms. The van der Waals surface area contributed by atoms with Gasteiger partial charge in [0.2, 0.25) is 0 Å². The van der Waals surface area contributed by atoms with E-state index in [2.05, 4.69) is 10.4 Å². The molecule has 0 amide bonds. The van der Waals surface area contributed by atoms with E-state index in [1.165, 1.54) is 12.8 Å². The number of thioether (sulfide) groups is 1. The summed E-state index contributed by atoms with van der Waals surface area (Å²) < 4.78 is 1.11. The van der Waals surface area contributed by atoms with Crippen molar-refractivity contribution in [1.82, 2.24) is 4.98 Å². The highest BCUT2D eigenvalue weighted by Crippen LogP contribution is 2.35. The van der Waals surface area contributed by atoms with Crippen LogP contribution >= 0.6 is 23.1 Å². The van der Waals surface area contributed by atoms with E-state index in [0.29, 0.717) is 5.25 Å². The maximum absolute atomic E-state index is 9.79. The number of hydrogen-bond acceptors (Lipinski definition) is 4. The predicted octanol–water partition coefficient (Wildman–Crippen LogP) is 2.85. The molecule has 4 heteroatoms. The summed E-state index contributed by atoms with van der Waals surface area (Å²) in [4.78, 5) is 4.41. The van der Waals surface area contributed by atoms with Crippen LogP contribution in [0.25, 0.3) is 0 Å². The van der Waals surface area contributed by atoms with Gasteiger partial charge in [-0.3, -0.25) is 0 Å².